The maximum Gasteiger partial charge on any atom is 0.416 e. The Labute approximate surface area is 160 Å². The Bertz CT molecular complexity index is 1060. The lowest BCUT2D eigenvalue weighted by Crippen LogP contribution is -2.14. The van der Waals surface area contributed by atoms with E-state index in [1.807, 2.05) is 0 Å². The highest BCUT2D eigenvalue weighted by molar-refractivity contribution is 6.06. The number of alkyl halides is 3. The van der Waals surface area contributed by atoms with Crippen LogP contribution < -0.4 is 10.1 Å². The fourth-order valence-electron chi connectivity index (χ4n) is 2.53. The van der Waals surface area contributed by atoms with E-state index in [0.29, 0.717) is 5.56 Å². The van der Waals surface area contributed by atoms with Crippen LogP contribution in [0.4, 0.5) is 24.5 Å². The number of nitrogens with zero attached hydrogens (tertiary/aromatic N) is 4. The van der Waals surface area contributed by atoms with E-state index >= 15 is 0 Å². The van der Waals surface area contributed by atoms with Gasteiger partial charge in [-0.2, -0.15) is 18.3 Å². The van der Waals surface area contributed by atoms with Gasteiger partial charge in [0.1, 0.15) is 0 Å². The molecule has 0 saturated heterocycles. The predicted octanol–water partition coefficient (Wildman–Crippen LogP) is 2.84. The standard InChI is InChI=1S/C16H13F3N6O4/c1-29-15-13(25(27)28)12(22-23-15)14(26)21-11-6-20-24(8-11)7-9-3-2-4-10(5-9)16(17,18)19/h2-6,8H,7H2,1H3,(H,21,26)(H,22,23). The monoisotopic (exact) mass is 410 g/mol. The molecule has 3 aromatic rings. The third kappa shape index (κ3) is 4.34. The van der Waals surface area contributed by atoms with Gasteiger partial charge in [0.05, 0.1) is 36.0 Å². The number of nitrogens with one attached hydrogen (secondary N) is 2. The lowest BCUT2D eigenvalue weighted by Gasteiger charge is -2.08. The minimum Gasteiger partial charge on any atom is -0.475 e. The zero-order chi connectivity index (χ0) is 21.2. The molecular weight excluding hydrogens is 397 g/mol. The summed E-state index contributed by atoms with van der Waals surface area (Å²) in [5, 5.41) is 23.3. The van der Waals surface area contributed by atoms with E-state index in [2.05, 4.69) is 20.6 Å². The number of carbonyl (C=O) groups excluding carboxylic acids is 1. The number of halogens is 3. The molecule has 0 aliphatic heterocycles. The molecule has 0 aliphatic carbocycles. The normalized spacial score (nSPS) is 11.3. The molecule has 3 rings (SSSR count). The Morgan fingerprint density at radius 3 is 2.83 bits per heavy atom. The summed E-state index contributed by atoms with van der Waals surface area (Å²) < 4.78 is 44.4. The molecule has 2 N–H and O–H groups in total. The number of methoxy groups -OCH3 is 1. The van der Waals surface area contributed by atoms with E-state index in [4.69, 9.17) is 4.74 Å². The number of benzene rings is 1. The molecule has 0 radical (unpaired) electrons. The van der Waals surface area contributed by atoms with Gasteiger partial charge in [-0.3, -0.25) is 24.7 Å². The molecule has 0 bridgehead atoms. The van der Waals surface area contributed by atoms with Gasteiger partial charge in [-0.05, 0) is 17.7 Å². The number of hydrogen-bond acceptors (Lipinski definition) is 6. The molecule has 0 atom stereocenters. The molecule has 0 spiro atoms. The number of amides is 1. The number of carbonyl (C=O) groups is 1. The van der Waals surface area contributed by atoms with Crippen LogP contribution in [0.3, 0.4) is 0 Å². The van der Waals surface area contributed by atoms with Gasteiger partial charge < -0.3 is 10.1 Å². The second-order valence-corrected chi connectivity index (χ2v) is 5.79. The van der Waals surface area contributed by atoms with E-state index in [0.717, 1.165) is 12.1 Å². The maximum atomic E-state index is 12.8. The molecule has 29 heavy (non-hydrogen) atoms. The van der Waals surface area contributed by atoms with Crippen molar-refractivity contribution in [3.05, 3.63) is 63.6 Å². The number of rotatable bonds is 6. The summed E-state index contributed by atoms with van der Waals surface area (Å²) in [6, 6.07) is 4.76. The van der Waals surface area contributed by atoms with Crippen molar-refractivity contribution in [2.24, 2.45) is 0 Å². The molecule has 2 heterocycles. The average Bonchev–Trinajstić information content (AvgIpc) is 3.27. The Hall–Kier alpha value is -3.90. The number of ether oxygens (including phenoxy) is 1. The highest BCUT2D eigenvalue weighted by Gasteiger charge is 2.31. The van der Waals surface area contributed by atoms with Crippen LogP contribution in [-0.4, -0.2) is 37.9 Å². The molecular formula is C16H13F3N6O4. The molecule has 0 unspecified atom stereocenters. The van der Waals surface area contributed by atoms with Gasteiger partial charge in [-0.25, -0.2) is 0 Å². The lowest BCUT2D eigenvalue weighted by atomic mass is 10.1. The van der Waals surface area contributed by atoms with Crippen molar-refractivity contribution in [3.63, 3.8) is 0 Å². The molecule has 0 saturated carbocycles. The van der Waals surface area contributed by atoms with E-state index in [9.17, 15) is 28.1 Å². The SMILES string of the molecule is COc1n[nH]c(C(=O)Nc2cnn(Cc3cccc(C(F)(F)F)c3)c2)c1[N+](=O)[O-]. The molecule has 0 aliphatic rings. The summed E-state index contributed by atoms with van der Waals surface area (Å²) in [6.45, 7) is 0.0256. The number of anilines is 1. The van der Waals surface area contributed by atoms with Crippen LogP contribution in [0.1, 0.15) is 21.6 Å². The second-order valence-electron chi connectivity index (χ2n) is 5.79. The summed E-state index contributed by atoms with van der Waals surface area (Å²) in [5.74, 6) is -1.20. The van der Waals surface area contributed by atoms with Gasteiger partial charge in [-0.15, -0.1) is 5.10 Å². The van der Waals surface area contributed by atoms with Gasteiger partial charge >= 0.3 is 17.7 Å². The van der Waals surface area contributed by atoms with Crippen LogP contribution in [0.25, 0.3) is 0 Å². The van der Waals surface area contributed by atoms with Gasteiger partial charge in [0.2, 0.25) is 5.69 Å². The topological polar surface area (TPSA) is 128 Å². The summed E-state index contributed by atoms with van der Waals surface area (Å²) >= 11 is 0. The van der Waals surface area contributed by atoms with Crippen LogP contribution in [0.2, 0.25) is 0 Å². The molecule has 0 fully saturated rings. The maximum absolute atomic E-state index is 12.8. The average molecular weight is 410 g/mol. The van der Waals surface area contributed by atoms with E-state index in [1.165, 1.54) is 36.3 Å². The zero-order valence-electron chi connectivity index (χ0n) is 14.7. The summed E-state index contributed by atoms with van der Waals surface area (Å²) in [7, 11) is 1.17. The summed E-state index contributed by atoms with van der Waals surface area (Å²) in [4.78, 5) is 22.6. The number of H-pyrrole nitrogens is 1. The first kappa shape index (κ1) is 19.9. The minimum atomic E-state index is -4.46. The van der Waals surface area contributed by atoms with Gasteiger partial charge in [0, 0.05) is 6.20 Å². The summed E-state index contributed by atoms with van der Waals surface area (Å²) in [5.41, 5.74) is -1.28. The Kier molecular flexibility index (Phi) is 5.21. The van der Waals surface area contributed by atoms with Crippen LogP contribution in [0, 0.1) is 10.1 Å². The van der Waals surface area contributed by atoms with Gasteiger partial charge in [0.25, 0.3) is 5.91 Å². The largest absolute Gasteiger partial charge is 0.475 e. The Morgan fingerprint density at radius 2 is 2.17 bits per heavy atom. The van der Waals surface area contributed by atoms with Crippen LogP contribution in [0.5, 0.6) is 5.88 Å². The quantitative estimate of drug-likeness (QED) is 0.475. The number of aromatic nitrogens is 4. The molecule has 152 valence electrons. The molecule has 1 aromatic carbocycles. The third-order valence-electron chi connectivity index (χ3n) is 3.80. The highest BCUT2D eigenvalue weighted by atomic mass is 19.4. The van der Waals surface area contributed by atoms with Crippen molar-refractivity contribution in [1.29, 1.82) is 0 Å². The molecule has 13 heteroatoms. The van der Waals surface area contributed by atoms with Crippen molar-refractivity contribution in [1.82, 2.24) is 20.0 Å². The first-order chi connectivity index (χ1) is 13.7. The molecule has 1 amide bonds. The van der Waals surface area contributed by atoms with Crippen molar-refractivity contribution in [2.45, 2.75) is 12.7 Å². The van der Waals surface area contributed by atoms with Crippen LogP contribution in [0.15, 0.2) is 36.7 Å². The van der Waals surface area contributed by atoms with E-state index in [-0.39, 0.29) is 18.1 Å². The number of nitro groups is 1. The lowest BCUT2D eigenvalue weighted by molar-refractivity contribution is -0.386. The van der Waals surface area contributed by atoms with Crippen LogP contribution in [-0.2, 0) is 12.7 Å². The summed E-state index contributed by atoms with van der Waals surface area (Å²) in [6.07, 6.45) is -1.83. The van der Waals surface area contributed by atoms with Gasteiger partial charge in [-0.1, -0.05) is 12.1 Å². The van der Waals surface area contributed by atoms with Crippen molar-refractivity contribution < 1.29 is 27.6 Å². The van der Waals surface area contributed by atoms with E-state index in [1.54, 1.807) is 0 Å². The first-order valence-electron chi connectivity index (χ1n) is 7.95. The Balaban J connectivity index is 1.74. The molecule has 10 nitrogen and oxygen atoms in total. The number of aromatic amines is 1. The van der Waals surface area contributed by atoms with Gasteiger partial charge in [0.15, 0.2) is 0 Å². The van der Waals surface area contributed by atoms with Crippen molar-refractivity contribution in [3.8, 4) is 5.88 Å². The third-order valence-corrected chi connectivity index (χ3v) is 3.80. The predicted molar refractivity (Wildman–Crippen MR) is 92.5 cm³/mol. The highest BCUT2D eigenvalue weighted by Crippen LogP contribution is 2.30. The van der Waals surface area contributed by atoms with E-state index < -0.39 is 34.0 Å². The zero-order valence-corrected chi connectivity index (χ0v) is 14.7. The minimum absolute atomic E-state index is 0.0256. The number of hydrogen-bond donors (Lipinski definition) is 2. The van der Waals surface area contributed by atoms with Crippen LogP contribution >= 0.6 is 0 Å². The van der Waals surface area contributed by atoms with Crippen molar-refractivity contribution >= 4 is 17.3 Å². The fourth-order valence-corrected chi connectivity index (χ4v) is 2.53. The smallest absolute Gasteiger partial charge is 0.416 e. The fraction of sp³-hybridized carbons (Fsp3) is 0.188. The first-order valence-corrected chi connectivity index (χ1v) is 7.95. The van der Waals surface area contributed by atoms with Crippen molar-refractivity contribution in [2.75, 3.05) is 12.4 Å². The second kappa shape index (κ2) is 7.61. The molecule has 2 aromatic heterocycles. The Morgan fingerprint density at radius 1 is 1.41 bits per heavy atom.